The summed E-state index contributed by atoms with van der Waals surface area (Å²) in [4.78, 5) is 30.7. The molecular weight excluding hydrogens is 384 g/mol. The smallest absolute Gasteiger partial charge is 0.411 e. The summed E-state index contributed by atoms with van der Waals surface area (Å²) in [6.45, 7) is 7.49. The summed E-state index contributed by atoms with van der Waals surface area (Å²) in [7, 11) is 0. The first kappa shape index (κ1) is 23.3. The molecule has 1 aromatic carbocycles. The predicted octanol–water partition coefficient (Wildman–Crippen LogP) is 5.14. The molecule has 0 radical (unpaired) electrons. The molecule has 8 nitrogen and oxygen atoms in total. The molecule has 0 bridgehead atoms. The molecular formula is C22H30N4O4. The lowest BCUT2D eigenvalue weighted by molar-refractivity contribution is -0.162. The Morgan fingerprint density at radius 2 is 2.03 bits per heavy atom. The molecule has 1 unspecified atom stereocenters. The van der Waals surface area contributed by atoms with E-state index in [1.807, 2.05) is 49.4 Å². The summed E-state index contributed by atoms with van der Waals surface area (Å²) >= 11 is 0. The number of carbonyl (C=O) groups is 2. The van der Waals surface area contributed by atoms with Crippen molar-refractivity contribution >= 4 is 12.1 Å². The van der Waals surface area contributed by atoms with E-state index in [4.69, 9.17) is 15.0 Å². The molecule has 0 N–H and O–H groups in total. The molecule has 1 heterocycles. The van der Waals surface area contributed by atoms with Gasteiger partial charge in [-0.25, -0.2) is 9.59 Å². The summed E-state index contributed by atoms with van der Waals surface area (Å²) in [6, 6.07) is 8.92. The zero-order chi connectivity index (χ0) is 22.2. The maximum atomic E-state index is 13.4. The van der Waals surface area contributed by atoms with Gasteiger partial charge in [-0.15, -0.1) is 0 Å². The van der Waals surface area contributed by atoms with Crippen molar-refractivity contribution in [3.63, 3.8) is 0 Å². The largest absolute Gasteiger partial charge is 0.459 e. The number of azide groups is 1. The molecule has 0 saturated carbocycles. The lowest BCUT2D eigenvalue weighted by Crippen LogP contribution is -2.62. The van der Waals surface area contributed by atoms with Crippen LogP contribution in [0.1, 0.15) is 52.5 Å². The minimum absolute atomic E-state index is 0.0889. The summed E-state index contributed by atoms with van der Waals surface area (Å²) in [6.07, 6.45) is 3.92. The highest BCUT2D eigenvalue weighted by atomic mass is 16.6. The second-order valence-corrected chi connectivity index (χ2v) is 8.35. The van der Waals surface area contributed by atoms with Crippen molar-refractivity contribution in [3.05, 3.63) is 58.5 Å². The third-order valence-corrected chi connectivity index (χ3v) is 4.89. The average molecular weight is 415 g/mol. The van der Waals surface area contributed by atoms with E-state index < -0.39 is 29.2 Å². The van der Waals surface area contributed by atoms with Crippen LogP contribution in [-0.4, -0.2) is 40.7 Å². The molecule has 8 heteroatoms. The van der Waals surface area contributed by atoms with Crippen LogP contribution in [0.4, 0.5) is 4.79 Å². The van der Waals surface area contributed by atoms with E-state index in [1.54, 1.807) is 20.8 Å². The molecule has 1 aliphatic rings. The monoisotopic (exact) mass is 414 g/mol. The lowest BCUT2D eigenvalue weighted by atomic mass is 9.81. The van der Waals surface area contributed by atoms with Gasteiger partial charge in [-0.05, 0) is 58.1 Å². The number of ether oxygens (including phenoxy) is 2. The van der Waals surface area contributed by atoms with Crippen LogP contribution in [0, 0.1) is 0 Å². The van der Waals surface area contributed by atoms with Crippen LogP contribution in [0.25, 0.3) is 10.4 Å². The number of amides is 1. The van der Waals surface area contributed by atoms with E-state index >= 15 is 0 Å². The molecule has 0 spiro atoms. The molecule has 1 fully saturated rings. The van der Waals surface area contributed by atoms with Crippen LogP contribution in [0.2, 0.25) is 0 Å². The number of carbonyl (C=O) groups excluding carboxylic acids is 2. The van der Waals surface area contributed by atoms with Crippen LogP contribution < -0.4 is 0 Å². The molecule has 2 atom stereocenters. The molecule has 1 aliphatic heterocycles. The second-order valence-electron chi connectivity index (χ2n) is 8.35. The van der Waals surface area contributed by atoms with Gasteiger partial charge in [-0.1, -0.05) is 47.6 Å². The Bertz CT molecular complexity index is 812. The summed E-state index contributed by atoms with van der Waals surface area (Å²) < 4.78 is 11.2. The van der Waals surface area contributed by atoms with E-state index in [-0.39, 0.29) is 26.0 Å². The Morgan fingerprint density at radius 3 is 2.63 bits per heavy atom. The van der Waals surface area contributed by atoms with Crippen molar-refractivity contribution in [1.82, 2.24) is 4.90 Å². The van der Waals surface area contributed by atoms with Gasteiger partial charge >= 0.3 is 12.1 Å². The number of likely N-dealkylation sites (tertiary alicyclic amines) is 1. The molecule has 162 valence electrons. The van der Waals surface area contributed by atoms with Crippen molar-refractivity contribution in [3.8, 4) is 0 Å². The van der Waals surface area contributed by atoms with Crippen LogP contribution in [-0.2, 0) is 20.9 Å². The van der Waals surface area contributed by atoms with Gasteiger partial charge in [0.15, 0.2) is 0 Å². The minimum atomic E-state index is -1.30. The SMILES string of the molecule is CC=CCC1(C(=O)OCc2ccccc2)C[C@@H](N=[N+]=[N-])CCN1C(=O)OC(C)(C)C. The van der Waals surface area contributed by atoms with E-state index in [2.05, 4.69) is 10.0 Å². The number of esters is 1. The number of allylic oxidation sites excluding steroid dienone is 1. The van der Waals surface area contributed by atoms with E-state index in [0.29, 0.717) is 6.42 Å². The molecule has 0 aromatic heterocycles. The molecule has 30 heavy (non-hydrogen) atoms. The van der Waals surface area contributed by atoms with Gasteiger partial charge in [0.1, 0.15) is 17.7 Å². The maximum absolute atomic E-state index is 13.4. The van der Waals surface area contributed by atoms with Crippen LogP contribution in [0.5, 0.6) is 0 Å². The van der Waals surface area contributed by atoms with Gasteiger partial charge in [0.05, 0.1) is 0 Å². The predicted molar refractivity (Wildman–Crippen MR) is 114 cm³/mol. The molecule has 1 amide bonds. The Balaban J connectivity index is 2.37. The summed E-state index contributed by atoms with van der Waals surface area (Å²) in [5, 5.41) is 3.83. The number of nitrogens with zero attached hydrogens (tertiary/aromatic N) is 4. The van der Waals surface area contributed by atoms with E-state index in [1.165, 1.54) is 4.90 Å². The highest BCUT2D eigenvalue weighted by Crippen LogP contribution is 2.36. The highest BCUT2D eigenvalue weighted by Gasteiger charge is 2.52. The first-order chi connectivity index (χ1) is 14.2. The Labute approximate surface area is 177 Å². The van der Waals surface area contributed by atoms with Gasteiger partial charge in [0, 0.05) is 17.5 Å². The topological polar surface area (TPSA) is 105 Å². The van der Waals surface area contributed by atoms with Crippen molar-refractivity contribution in [1.29, 1.82) is 0 Å². The Kier molecular flexibility index (Phi) is 7.89. The van der Waals surface area contributed by atoms with Crippen LogP contribution >= 0.6 is 0 Å². The van der Waals surface area contributed by atoms with Crippen molar-refractivity contribution in [2.45, 2.75) is 70.7 Å². The summed E-state index contributed by atoms with van der Waals surface area (Å²) in [5.74, 6) is -0.534. The standard InChI is InChI=1S/C22H30N4O4/c1-5-6-13-22(19(27)29-16-17-10-8-7-9-11-17)15-18(24-25-23)12-14-26(22)20(28)30-21(2,3)4/h5-11,18H,12-16H2,1-4H3/t18-,22?/m0/s1. The van der Waals surface area contributed by atoms with E-state index in [9.17, 15) is 9.59 Å². The third-order valence-electron chi connectivity index (χ3n) is 4.89. The minimum Gasteiger partial charge on any atom is -0.459 e. The van der Waals surface area contributed by atoms with Gasteiger partial charge in [0.25, 0.3) is 0 Å². The van der Waals surface area contributed by atoms with Gasteiger partial charge in [-0.2, -0.15) is 0 Å². The Morgan fingerprint density at radius 1 is 1.33 bits per heavy atom. The Hall–Kier alpha value is -2.99. The van der Waals surface area contributed by atoms with Crippen molar-refractivity contribution in [2.75, 3.05) is 6.54 Å². The zero-order valence-corrected chi connectivity index (χ0v) is 18.1. The number of benzene rings is 1. The fourth-order valence-electron chi connectivity index (χ4n) is 3.49. The average Bonchev–Trinajstić information content (AvgIpc) is 2.70. The first-order valence-electron chi connectivity index (χ1n) is 10.1. The molecule has 1 aromatic rings. The van der Waals surface area contributed by atoms with Gasteiger partial charge in [-0.3, -0.25) is 4.90 Å². The van der Waals surface area contributed by atoms with Crippen LogP contribution in [0.3, 0.4) is 0 Å². The number of piperidine rings is 1. The fraction of sp³-hybridized carbons (Fsp3) is 0.545. The lowest BCUT2D eigenvalue weighted by Gasteiger charge is -2.46. The van der Waals surface area contributed by atoms with Crippen molar-refractivity contribution < 1.29 is 19.1 Å². The molecule has 1 saturated heterocycles. The first-order valence-corrected chi connectivity index (χ1v) is 10.1. The maximum Gasteiger partial charge on any atom is 0.411 e. The quantitative estimate of drug-likeness (QED) is 0.211. The number of hydrogen-bond donors (Lipinski definition) is 0. The molecule has 0 aliphatic carbocycles. The highest BCUT2D eigenvalue weighted by molar-refractivity contribution is 5.86. The van der Waals surface area contributed by atoms with Gasteiger partial charge < -0.3 is 9.47 Å². The summed E-state index contributed by atoms with van der Waals surface area (Å²) in [5.41, 5.74) is 7.74. The van der Waals surface area contributed by atoms with Gasteiger partial charge in [0.2, 0.25) is 0 Å². The van der Waals surface area contributed by atoms with E-state index in [0.717, 1.165) is 5.56 Å². The second kappa shape index (κ2) is 10.2. The normalized spacial score (nSPS) is 21.7. The number of rotatable bonds is 6. The van der Waals surface area contributed by atoms with Crippen LogP contribution in [0.15, 0.2) is 47.6 Å². The third kappa shape index (κ3) is 6.00. The number of hydrogen-bond acceptors (Lipinski definition) is 5. The zero-order valence-electron chi connectivity index (χ0n) is 18.1. The molecule has 2 rings (SSSR count). The fourth-order valence-corrected chi connectivity index (χ4v) is 3.49. The van der Waals surface area contributed by atoms with Crippen molar-refractivity contribution in [2.24, 2.45) is 5.11 Å².